The lowest BCUT2D eigenvalue weighted by atomic mass is 10.2. The molecule has 0 unspecified atom stereocenters. The fourth-order valence-electron chi connectivity index (χ4n) is 1.20. The number of nitrogens with one attached hydrogen (secondary N) is 1. The van der Waals surface area contributed by atoms with Crippen LogP contribution in [-0.2, 0) is 4.79 Å². The summed E-state index contributed by atoms with van der Waals surface area (Å²) in [6.07, 6.45) is 1.01. The summed E-state index contributed by atoms with van der Waals surface area (Å²) < 4.78 is 12.9. The zero-order valence-electron chi connectivity index (χ0n) is 9.13. The van der Waals surface area contributed by atoms with Crippen LogP contribution in [0.25, 0.3) is 0 Å². The van der Waals surface area contributed by atoms with Gasteiger partial charge in [0.25, 0.3) is 0 Å². The first-order chi connectivity index (χ1) is 7.13. The summed E-state index contributed by atoms with van der Waals surface area (Å²) in [6, 6.07) is 4.31. The van der Waals surface area contributed by atoms with Crippen LogP contribution in [-0.4, -0.2) is 12.5 Å². The molecule has 0 aliphatic heterocycles. The number of hydrogen-bond donors (Lipinski definition) is 2. The summed E-state index contributed by atoms with van der Waals surface area (Å²) in [4.78, 5) is 11.3. The standard InChI is InChI=1S/C11H15FN2O.ClH/c1-8-4-5-9(12)7-10(8)14-11(15)3-2-6-13;/h4-5,7H,2-3,6,13H2,1H3,(H,14,15);1H. The van der Waals surface area contributed by atoms with Crippen LogP contribution >= 0.6 is 12.4 Å². The van der Waals surface area contributed by atoms with Gasteiger partial charge in [-0.2, -0.15) is 0 Å². The normalized spacial score (nSPS) is 9.44. The van der Waals surface area contributed by atoms with E-state index in [1.807, 2.05) is 6.92 Å². The Kier molecular flexibility index (Phi) is 6.69. The minimum Gasteiger partial charge on any atom is -0.330 e. The first-order valence-corrected chi connectivity index (χ1v) is 4.89. The van der Waals surface area contributed by atoms with Crippen LogP contribution in [0.5, 0.6) is 0 Å². The maximum Gasteiger partial charge on any atom is 0.224 e. The zero-order chi connectivity index (χ0) is 11.3. The minimum absolute atomic E-state index is 0. The van der Waals surface area contributed by atoms with Gasteiger partial charge in [-0.05, 0) is 37.6 Å². The Morgan fingerprint density at radius 2 is 2.19 bits per heavy atom. The van der Waals surface area contributed by atoms with Crippen molar-refractivity contribution in [3.8, 4) is 0 Å². The molecule has 3 nitrogen and oxygen atoms in total. The van der Waals surface area contributed by atoms with Crippen molar-refractivity contribution in [2.24, 2.45) is 5.73 Å². The Bertz CT molecular complexity index is 358. The van der Waals surface area contributed by atoms with E-state index in [1.165, 1.54) is 12.1 Å². The van der Waals surface area contributed by atoms with Crippen molar-refractivity contribution < 1.29 is 9.18 Å². The molecule has 0 radical (unpaired) electrons. The smallest absolute Gasteiger partial charge is 0.224 e. The molecule has 1 aromatic rings. The summed E-state index contributed by atoms with van der Waals surface area (Å²) in [5, 5.41) is 2.65. The Morgan fingerprint density at radius 3 is 2.81 bits per heavy atom. The summed E-state index contributed by atoms with van der Waals surface area (Å²) >= 11 is 0. The van der Waals surface area contributed by atoms with Crippen molar-refractivity contribution >= 4 is 24.0 Å². The number of carbonyl (C=O) groups excluding carboxylic acids is 1. The van der Waals surface area contributed by atoms with Gasteiger partial charge in [-0.25, -0.2) is 4.39 Å². The number of rotatable bonds is 4. The van der Waals surface area contributed by atoms with Gasteiger partial charge in [-0.1, -0.05) is 6.07 Å². The second kappa shape index (κ2) is 7.19. The van der Waals surface area contributed by atoms with E-state index in [-0.39, 0.29) is 24.1 Å². The van der Waals surface area contributed by atoms with E-state index in [9.17, 15) is 9.18 Å². The van der Waals surface area contributed by atoms with Crippen molar-refractivity contribution in [2.45, 2.75) is 19.8 Å². The van der Waals surface area contributed by atoms with Gasteiger partial charge in [-0.15, -0.1) is 12.4 Å². The third-order valence-electron chi connectivity index (χ3n) is 2.08. The van der Waals surface area contributed by atoms with Gasteiger partial charge in [-0.3, -0.25) is 4.79 Å². The maximum absolute atomic E-state index is 12.9. The van der Waals surface area contributed by atoms with E-state index in [0.29, 0.717) is 25.1 Å². The molecular formula is C11H16ClFN2O. The van der Waals surface area contributed by atoms with Crippen LogP contribution in [0, 0.1) is 12.7 Å². The van der Waals surface area contributed by atoms with Gasteiger partial charge in [0.15, 0.2) is 0 Å². The molecular weight excluding hydrogens is 231 g/mol. The predicted octanol–water partition coefficient (Wildman–Crippen LogP) is 2.23. The van der Waals surface area contributed by atoms with E-state index in [2.05, 4.69) is 5.32 Å². The molecule has 1 amide bonds. The Morgan fingerprint density at radius 1 is 1.50 bits per heavy atom. The van der Waals surface area contributed by atoms with Crippen molar-refractivity contribution in [1.29, 1.82) is 0 Å². The van der Waals surface area contributed by atoms with E-state index in [0.717, 1.165) is 5.56 Å². The van der Waals surface area contributed by atoms with E-state index < -0.39 is 0 Å². The fraction of sp³-hybridized carbons (Fsp3) is 0.364. The van der Waals surface area contributed by atoms with Gasteiger partial charge in [0.2, 0.25) is 5.91 Å². The summed E-state index contributed by atoms with van der Waals surface area (Å²) in [7, 11) is 0. The zero-order valence-corrected chi connectivity index (χ0v) is 9.94. The molecule has 16 heavy (non-hydrogen) atoms. The van der Waals surface area contributed by atoms with Gasteiger partial charge in [0.05, 0.1) is 0 Å². The molecule has 0 fully saturated rings. The third-order valence-corrected chi connectivity index (χ3v) is 2.08. The van der Waals surface area contributed by atoms with Crippen LogP contribution in [0.4, 0.5) is 10.1 Å². The van der Waals surface area contributed by atoms with Crippen molar-refractivity contribution in [1.82, 2.24) is 0 Å². The lowest BCUT2D eigenvalue weighted by molar-refractivity contribution is -0.116. The van der Waals surface area contributed by atoms with Crippen LogP contribution < -0.4 is 11.1 Å². The van der Waals surface area contributed by atoms with Gasteiger partial charge >= 0.3 is 0 Å². The number of halogens is 2. The summed E-state index contributed by atoms with van der Waals surface area (Å²) in [5.41, 5.74) is 6.65. The van der Waals surface area contributed by atoms with Crippen molar-refractivity contribution in [3.63, 3.8) is 0 Å². The monoisotopic (exact) mass is 246 g/mol. The largest absolute Gasteiger partial charge is 0.330 e. The van der Waals surface area contributed by atoms with E-state index in [1.54, 1.807) is 6.07 Å². The van der Waals surface area contributed by atoms with E-state index in [4.69, 9.17) is 5.73 Å². The molecule has 1 aromatic carbocycles. The molecule has 0 saturated carbocycles. The average molecular weight is 247 g/mol. The average Bonchev–Trinajstić information content (AvgIpc) is 2.20. The minimum atomic E-state index is -0.352. The highest BCUT2D eigenvalue weighted by atomic mass is 35.5. The van der Waals surface area contributed by atoms with Crippen LogP contribution in [0.1, 0.15) is 18.4 Å². The SMILES string of the molecule is Cc1ccc(F)cc1NC(=O)CCCN.Cl. The van der Waals surface area contributed by atoms with Crippen molar-refractivity contribution in [3.05, 3.63) is 29.6 Å². The molecule has 0 spiro atoms. The Balaban J connectivity index is 0.00000225. The summed E-state index contributed by atoms with van der Waals surface area (Å²) in [5.74, 6) is -0.483. The second-order valence-corrected chi connectivity index (χ2v) is 3.40. The maximum atomic E-state index is 12.9. The van der Waals surface area contributed by atoms with Gasteiger partial charge in [0, 0.05) is 12.1 Å². The Labute approximate surface area is 101 Å². The molecule has 0 aliphatic rings. The number of nitrogens with two attached hydrogens (primary N) is 1. The van der Waals surface area contributed by atoms with Crippen LogP contribution in [0.3, 0.4) is 0 Å². The highest BCUT2D eigenvalue weighted by Crippen LogP contribution is 2.16. The number of anilines is 1. The highest BCUT2D eigenvalue weighted by Gasteiger charge is 2.04. The molecule has 90 valence electrons. The molecule has 0 heterocycles. The highest BCUT2D eigenvalue weighted by molar-refractivity contribution is 5.91. The van der Waals surface area contributed by atoms with Gasteiger partial charge < -0.3 is 11.1 Å². The molecule has 0 atom stereocenters. The lowest BCUT2D eigenvalue weighted by Crippen LogP contribution is -2.14. The molecule has 0 bridgehead atoms. The molecule has 5 heteroatoms. The number of aryl methyl sites for hydroxylation is 1. The topological polar surface area (TPSA) is 55.1 Å². The molecule has 1 rings (SSSR count). The van der Waals surface area contributed by atoms with E-state index >= 15 is 0 Å². The third kappa shape index (κ3) is 4.59. The first-order valence-electron chi connectivity index (χ1n) is 4.89. The Hall–Kier alpha value is -1.13. The van der Waals surface area contributed by atoms with Crippen LogP contribution in [0.15, 0.2) is 18.2 Å². The predicted molar refractivity (Wildman–Crippen MR) is 65.3 cm³/mol. The van der Waals surface area contributed by atoms with Crippen LogP contribution in [0.2, 0.25) is 0 Å². The number of benzene rings is 1. The number of hydrogen-bond acceptors (Lipinski definition) is 2. The van der Waals surface area contributed by atoms with Gasteiger partial charge in [0.1, 0.15) is 5.82 Å². The molecule has 0 saturated heterocycles. The lowest BCUT2D eigenvalue weighted by Gasteiger charge is -2.07. The second-order valence-electron chi connectivity index (χ2n) is 3.40. The molecule has 0 aromatic heterocycles. The fourth-order valence-corrected chi connectivity index (χ4v) is 1.20. The number of carbonyl (C=O) groups is 1. The molecule has 3 N–H and O–H groups in total. The molecule has 0 aliphatic carbocycles. The quantitative estimate of drug-likeness (QED) is 0.856. The summed E-state index contributed by atoms with van der Waals surface area (Å²) in [6.45, 7) is 2.30. The van der Waals surface area contributed by atoms with Crippen molar-refractivity contribution in [2.75, 3.05) is 11.9 Å². The first kappa shape index (κ1) is 14.9. The number of amides is 1.